The van der Waals surface area contributed by atoms with Crippen molar-refractivity contribution in [2.45, 2.75) is 12.5 Å². The van der Waals surface area contributed by atoms with Gasteiger partial charge >= 0.3 is 12.0 Å². The summed E-state index contributed by atoms with van der Waals surface area (Å²) in [4.78, 5) is 12.3. The molecule has 1 heterocycles. The summed E-state index contributed by atoms with van der Waals surface area (Å²) >= 11 is 0. The van der Waals surface area contributed by atoms with E-state index < -0.39 is 5.54 Å². The molecule has 1 atom stereocenters. The SMILES string of the molecule is COc1nc(NC(C)(CN)c2ccccc2)nc(OC)n1. The van der Waals surface area contributed by atoms with Gasteiger partial charge in [0.15, 0.2) is 0 Å². The van der Waals surface area contributed by atoms with Crippen molar-refractivity contribution in [1.29, 1.82) is 0 Å². The van der Waals surface area contributed by atoms with Gasteiger partial charge in [0.1, 0.15) is 0 Å². The summed E-state index contributed by atoms with van der Waals surface area (Å²) < 4.78 is 10.1. The number of anilines is 1. The smallest absolute Gasteiger partial charge is 0.324 e. The Hall–Kier alpha value is -2.41. The number of nitrogens with two attached hydrogens (primary N) is 1. The molecule has 0 aliphatic rings. The maximum absolute atomic E-state index is 5.93. The van der Waals surface area contributed by atoms with Crippen LogP contribution in [0.1, 0.15) is 12.5 Å². The van der Waals surface area contributed by atoms with Crippen LogP contribution >= 0.6 is 0 Å². The number of aromatic nitrogens is 3. The predicted octanol–water partition coefficient (Wildman–Crippen LogP) is 1.17. The van der Waals surface area contributed by atoms with E-state index in [0.717, 1.165) is 5.56 Å². The average Bonchev–Trinajstić information content (AvgIpc) is 2.55. The van der Waals surface area contributed by atoms with Gasteiger partial charge < -0.3 is 20.5 Å². The van der Waals surface area contributed by atoms with Crippen LogP contribution in [0.3, 0.4) is 0 Å². The minimum absolute atomic E-state index is 0.178. The highest BCUT2D eigenvalue weighted by atomic mass is 16.5. The third-order valence-electron chi connectivity index (χ3n) is 3.17. The minimum atomic E-state index is -0.515. The van der Waals surface area contributed by atoms with Crippen molar-refractivity contribution in [2.24, 2.45) is 5.73 Å². The molecular weight excluding hydrogens is 270 g/mol. The fourth-order valence-electron chi connectivity index (χ4n) is 1.87. The van der Waals surface area contributed by atoms with Gasteiger partial charge in [-0.05, 0) is 12.5 Å². The summed E-state index contributed by atoms with van der Waals surface area (Å²) in [7, 11) is 2.97. The van der Waals surface area contributed by atoms with Gasteiger partial charge in [-0.3, -0.25) is 0 Å². The van der Waals surface area contributed by atoms with E-state index in [4.69, 9.17) is 15.2 Å². The summed E-state index contributed by atoms with van der Waals surface area (Å²) in [5, 5.41) is 3.22. The van der Waals surface area contributed by atoms with Crippen LogP contribution in [0.4, 0.5) is 5.95 Å². The molecule has 0 saturated carbocycles. The lowest BCUT2D eigenvalue weighted by molar-refractivity contribution is 0.340. The highest BCUT2D eigenvalue weighted by Crippen LogP contribution is 2.24. The number of hydrogen-bond acceptors (Lipinski definition) is 7. The fourth-order valence-corrected chi connectivity index (χ4v) is 1.87. The van der Waals surface area contributed by atoms with E-state index in [1.807, 2.05) is 37.3 Å². The van der Waals surface area contributed by atoms with Crippen molar-refractivity contribution < 1.29 is 9.47 Å². The number of hydrogen-bond donors (Lipinski definition) is 2. The van der Waals surface area contributed by atoms with Crippen molar-refractivity contribution >= 4 is 5.95 Å². The van der Waals surface area contributed by atoms with Crippen molar-refractivity contribution in [3.05, 3.63) is 35.9 Å². The minimum Gasteiger partial charge on any atom is -0.467 e. The first-order valence-electron chi connectivity index (χ1n) is 6.49. The van der Waals surface area contributed by atoms with Gasteiger partial charge in [0.05, 0.1) is 19.8 Å². The van der Waals surface area contributed by atoms with Gasteiger partial charge in [-0.15, -0.1) is 4.98 Å². The van der Waals surface area contributed by atoms with Crippen LogP contribution < -0.4 is 20.5 Å². The molecule has 2 aromatic rings. The summed E-state index contributed by atoms with van der Waals surface area (Å²) in [6, 6.07) is 10.2. The summed E-state index contributed by atoms with van der Waals surface area (Å²) in [6.45, 7) is 2.35. The quantitative estimate of drug-likeness (QED) is 0.824. The standard InChI is InChI=1S/C14H19N5O2/c1-14(9-15,10-7-5-4-6-8-10)19-11-16-12(20-2)18-13(17-11)21-3/h4-8H,9,15H2,1-3H3,(H,16,17,18,19). The summed E-state index contributed by atoms with van der Waals surface area (Å²) in [5.74, 6) is 0.343. The zero-order valence-electron chi connectivity index (χ0n) is 12.3. The summed E-state index contributed by atoms with van der Waals surface area (Å²) in [5.41, 5.74) is 6.45. The predicted molar refractivity (Wildman–Crippen MR) is 79.4 cm³/mol. The van der Waals surface area contributed by atoms with Gasteiger partial charge in [0.2, 0.25) is 5.95 Å². The first-order valence-corrected chi connectivity index (χ1v) is 6.49. The number of rotatable bonds is 6. The Balaban J connectivity index is 2.34. The number of ether oxygens (including phenoxy) is 2. The molecule has 7 nitrogen and oxygen atoms in total. The van der Waals surface area contributed by atoms with E-state index in [0.29, 0.717) is 12.5 Å². The van der Waals surface area contributed by atoms with E-state index in [9.17, 15) is 0 Å². The van der Waals surface area contributed by atoms with Crippen molar-refractivity contribution in [1.82, 2.24) is 15.0 Å². The Kier molecular flexibility index (Phi) is 4.54. The molecule has 0 amide bonds. The van der Waals surface area contributed by atoms with Crippen LogP contribution in [0.2, 0.25) is 0 Å². The topological polar surface area (TPSA) is 95.2 Å². The van der Waals surface area contributed by atoms with E-state index in [-0.39, 0.29) is 12.0 Å². The molecule has 1 aromatic carbocycles. The molecule has 112 valence electrons. The second kappa shape index (κ2) is 6.36. The second-order valence-corrected chi connectivity index (χ2v) is 4.66. The zero-order chi connectivity index (χ0) is 15.3. The fraction of sp³-hybridized carbons (Fsp3) is 0.357. The van der Waals surface area contributed by atoms with Gasteiger partial charge in [0.25, 0.3) is 0 Å². The molecule has 1 aromatic heterocycles. The van der Waals surface area contributed by atoms with Crippen LogP contribution in [0, 0.1) is 0 Å². The first kappa shape index (κ1) is 15.0. The summed E-state index contributed by atoms with van der Waals surface area (Å²) in [6.07, 6.45) is 0. The van der Waals surface area contributed by atoms with Crippen LogP contribution in [-0.2, 0) is 5.54 Å². The van der Waals surface area contributed by atoms with Gasteiger partial charge in [-0.25, -0.2) is 0 Å². The maximum atomic E-state index is 5.93. The molecule has 0 radical (unpaired) electrons. The largest absolute Gasteiger partial charge is 0.467 e. The molecule has 0 spiro atoms. The van der Waals surface area contributed by atoms with Gasteiger partial charge in [-0.1, -0.05) is 30.3 Å². The molecule has 0 fully saturated rings. The molecule has 0 aliphatic carbocycles. The third-order valence-corrected chi connectivity index (χ3v) is 3.17. The molecule has 0 saturated heterocycles. The average molecular weight is 289 g/mol. The molecule has 3 N–H and O–H groups in total. The lowest BCUT2D eigenvalue weighted by atomic mass is 9.92. The van der Waals surface area contributed by atoms with E-state index in [2.05, 4.69) is 20.3 Å². The Morgan fingerprint density at radius 3 is 2.10 bits per heavy atom. The lowest BCUT2D eigenvalue weighted by Gasteiger charge is -2.30. The maximum Gasteiger partial charge on any atom is 0.324 e. The first-order chi connectivity index (χ1) is 10.1. The monoisotopic (exact) mass is 289 g/mol. The number of benzene rings is 1. The normalized spacial score (nSPS) is 13.3. The van der Waals surface area contributed by atoms with Crippen molar-refractivity contribution in [2.75, 3.05) is 26.1 Å². The van der Waals surface area contributed by atoms with Crippen LogP contribution in [0.25, 0.3) is 0 Å². The van der Waals surface area contributed by atoms with Crippen LogP contribution in [0.5, 0.6) is 12.0 Å². The van der Waals surface area contributed by atoms with Crippen LogP contribution in [0.15, 0.2) is 30.3 Å². The van der Waals surface area contributed by atoms with E-state index >= 15 is 0 Å². The number of methoxy groups -OCH3 is 2. The van der Waals surface area contributed by atoms with E-state index in [1.165, 1.54) is 14.2 Å². The molecule has 1 unspecified atom stereocenters. The Bertz CT molecular complexity index is 571. The Morgan fingerprint density at radius 1 is 1.05 bits per heavy atom. The second-order valence-electron chi connectivity index (χ2n) is 4.66. The van der Waals surface area contributed by atoms with E-state index in [1.54, 1.807) is 0 Å². The van der Waals surface area contributed by atoms with Crippen molar-refractivity contribution in [3.8, 4) is 12.0 Å². The number of nitrogens with zero attached hydrogens (tertiary/aromatic N) is 3. The van der Waals surface area contributed by atoms with Gasteiger partial charge in [0, 0.05) is 6.54 Å². The van der Waals surface area contributed by atoms with Crippen LogP contribution in [-0.4, -0.2) is 35.7 Å². The zero-order valence-corrected chi connectivity index (χ0v) is 12.3. The Morgan fingerprint density at radius 2 is 1.62 bits per heavy atom. The molecular formula is C14H19N5O2. The third kappa shape index (κ3) is 3.38. The highest BCUT2D eigenvalue weighted by molar-refractivity contribution is 5.38. The van der Waals surface area contributed by atoms with Gasteiger partial charge in [-0.2, -0.15) is 9.97 Å². The number of nitrogens with one attached hydrogen (secondary N) is 1. The molecule has 2 rings (SSSR count). The van der Waals surface area contributed by atoms with Crippen molar-refractivity contribution in [3.63, 3.8) is 0 Å². The molecule has 7 heteroatoms. The highest BCUT2D eigenvalue weighted by Gasteiger charge is 2.26. The molecule has 21 heavy (non-hydrogen) atoms. The molecule has 0 bridgehead atoms. The molecule has 0 aliphatic heterocycles. The Labute approximate surface area is 123 Å². The lowest BCUT2D eigenvalue weighted by Crippen LogP contribution is -2.40.